The highest BCUT2D eigenvalue weighted by molar-refractivity contribution is 5.77. The van der Waals surface area contributed by atoms with Crippen LogP contribution in [0.1, 0.15) is 29.5 Å². The number of benzene rings is 2. The van der Waals surface area contributed by atoms with Crippen molar-refractivity contribution in [3.63, 3.8) is 0 Å². The number of hydrogen-bond donors (Lipinski definition) is 2. The zero-order valence-electron chi connectivity index (χ0n) is 17.2. The molecule has 0 saturated carbocycles. The van der Waals surface area contributed by atoms with Crippen LogP contribution in [-0.4, -0.2) is 18.7 Å². The molecule has 146 valence electrons. The highest BCUT2D eigenvalue weighted by Gasteiger charge is 2.16. The van der Waals surface area contributed by atoms with Crippen molar-refractivity contribution in [2.45, 2.75) is 27.7 Å². The highest BCUT2D eigenvalue weighted by Crippen LogP contribution is 2.35. The van der Waals surface area contributed by atoms with Crippen LogP contribution in [0.3, 0.4) is 0 Å². The first-order chi connectivity index (χ1) is 13.5. The second kappa shape index (κ2) is 8.21. The summed E-state index contributed by atoms with van der Waals surface area (Å²) in [7, 11) is 1.84. The van der Waals surface area contributed by atoms with Gasteiger partial charge in [0, 0.05) is 36.7 Å². The third kappa shape index (κ3) is 3.74. The van der Waals surface area contributed by atoms with Crippen LogP contribution in [0, 0.1) is 20.8 Å². The Balaban J connectivity index is 2.01. The molecule has 1 aromatic heterocycles. The number of nitrogens with zero attached hydrogens (tertiary/aromatic N) is 2. The Morgan fingerprint density at radius 1 is 1.14 bits per heavy atom. The second-order valence-corrected chi connectivity index (χ2v) is 6.88. The largest absolute Gasteiger partial charge is 0.397 e. The van der Waals surface area contributed by atoms with Gasteiger partial charge < -0.3 is 20.5 Å². The molecule has 0 amide bonds. The van der Waals surface area contributed by atoms with E-state index in [9.17, 15) is 0 Å². The van der Waals surface area contributed by atoms with Crippen LogP contribution in [0.4, 0.5) is 11.4 Å². The number of aryl methyl sites for hydroxylation is 3. The van der Waals surface area contributed by atoms with Gasteiger partial charge in [-0.25, -0.2) is 0 Å². The topological polar surface area (TPSA) is 67.3 Å². The summed E-state index contributed by atoms with van der Waals surface area (Å²) in [5, 5.41) is 7.06. The minimum atomic E-state index is 0.716. The van der Waals surface area contributed by atoms with Crippen LogP contribution in [0.5, 0.6) is 0 Å². The van der Waals surface area contributed by atoms with E-state index in [0.29, 0.717) is 5.70 Å². The number of nitrogens with one attached hydrogen (secondary N) is 1. The molecular formula is C23H28N4O. The fourth-order valence-corrected chi connectivity index (χ4v) is 3.52. The van der Waals surface area contributed by atoms with E-state index in [2.05, 4.69) is 71.7 Å². The molecule has 5 heteroatoms. The Morgan fingerprint density at radius 3 is 2.43 bits per heavy atom. The van der Waals surface area contributed by atoms with Crippen LogP contribution >= 0.6 is 0 Å². The van der Waals surface area contributed by atoms with E-state index in [1.807, 2.05) is 20.9 Å². The van der Waals surface area contributed by atoms with Crippen molar-refractivity contribution in [3.05, 3.63) is 71.2 Å². The van der Waals surface area contributed by atoms with Crippen molar-refractivity contribution in [2.24, 2.45) is 5.73 Å². The standard InChI is InChI=1S/C23H28N4O/c1-6-27(20-11-9-18(10-12-20)21(24)14-25-5)22-13-19(8-7-15(22)2)23-16(3)26-28-17(23)4/h7-14,25H,6,24H2,1-5H3/b21-14-. The van der Waals surface area contributed by atoms with E-state index >= 15 is 0 Å². The molecule has 1 heterocycles. The van der Waals surface area contributed by atoms with Gasteiger partial charge in [0.25, 0.3) is 0 Å². The average molecular weight is 377 g/mol. The molecule has 0 aliphatic heterocycles. The Morgan fingerprint density at radius 2 is 1.86 bits per heavy atom. The maximum absolute atomic E-state index is 6.07. The number of anilines is 2. The molecule has 28 heavy (non-hydrogen) atoms. The van der Waals surface area contributed by atoms with Gasteiger partial charge in [-0.2, -0.15) is 0 Å². The molecule has 0 aliphatic rings. The third-order valence-electron chi connectivity index (χ3n) is 4.95. The van der Waals surface area contributed by atoms with Crippen molar-refractivity contribution >= 4 is 17.1 Å². The van der Waals surface area contributed by atoms with Crippen molar-refractivity contribution in [1.82, 2.24) is 10.5 Å². The lowest BCUT2D eigenvalue weighted by atomic mass is 10.0. The third-order valence-corrected chi connectivity index (χ3v) is 4.95. The summed E-state index contributed by atoms with van der Waals surface area (Å²) in [5.74, 6) is 0.839. The molecule has 0 spiro atoms. The van der Waals surface area contributed by atoms with Gasteiger partial charge in [-0.1, -0.05) is 29.4 Å². The summed E-state index contributed by atoms with van der Waals surface area (Å²) in [4.78, 5) is 2.30. The van der Waals surface area contributed by atoms with E-state index in [1.54, 1.807) is 6.20 Å². The smallest absolute Gasteiger partial charge is 0.141 e. The van der Waals surface area contributed by atoms with Crippen molar-refractivity contribution in [2.75, 3.05) is 18.5 Å². The molecule has 0 fully saturated rings. The predicted octanol–water partition coefficient (Wildman–Crippen LogP) is 4.90. The van der Waals surface area contributed by atoms with Gasteiger partial charge in [0.2, 0.25) is 0 Å². The lowest BCUT2D eigenvalue weighted by Crippen LogP contribution is -2.17. The zero-order valence-corrected chi connectivity index (χ0v) is 17.2. The van der Waals surface area contributed by atoms with Crippen molar-refractivity contribution in [1.29, 1.82) is 0 Å². The van der Waals surface area contributed by atoms with E-state index in [4.69, 9.17) is 10.3 Å². The van der Waals surface area contributed by atoms with Crippen molar-refractivity contribution in [3.8, 4) is 11.1 Å². The number of rotatable bonds is 6. The monoisotopic (exact) mass is 376 g/mol. The van der Waals surface area contributed by atoms with Gasteiger partial charge in [-0.3, -0.25) is 0 Å². The minimum absolute atomic E-state index is 0.716. The van der Waals surface area contributed by atoms with Crippen molar-refractivity contribution < 1.29 is 4.52 Å². The number of hydrogen-bond acceptors (Lipinski definition) is 5. The quantitative estimate of drug-likeness (QED) is 0.640. The van der Waals surface area contributed by atoms with Crippen LogP contribution < -0.4 is 16.0 Å². The molecule has 3 rings (SSSR count). The summed E-state index contributed by atoms with van der Waals surface area (Å²) in [6, 6.07) is 14.8. The molecule has 0 unspecified atom stereocenters. The van der Waals surface area contributed by atoms with Crippen LogP contribution in [-0.2, 0) is 0 Å². The molecule has 0 bridgehead atoms. The Labute approximate surface area is 166 Å². The minimum Gasteiger partial charge on any atom is -0.397 e. The predicted molar refractivity (Wildman–Crippen MR) is 116 cm³/mol. The molecule has 2 aromatic carbocycles. The lowest BCUT2D eigenvalue weighted by molar-refractivity contribution is 0.393. The molecular weight excluding hydrogens is 348 g/mol. The van der Waals surface area contributed by atoms with E-state index < -0.39 is 0 Å². The Hall–Kier alpha value is -3.21. The molecule has 0 atom stereocenters. The van der Waals surface area contributed by atoms with Gasteiger partial charge in [0.1, 0.15) is 5.76 Å². The molecule has 0 aliphatic carbocycles. The van der Waals surface area contributed by atoms with E-state index in [1.165, 1.54) is 11.3 Å². The van der Waals surface area contributed by atoms with E-state index in [0.717, 1.165) is 40.4 Å². The highest BCUT2D eigenvalue weighted by atomic mass is 16.5. The van der Waals surface area contributed by atoms with E-state index in [-0.39, 0.29) is 0 Å². The first-order valence-corrected chi connectivity index (χ1v) is 9.51. The van der Waals surface area contributed by atoms with Gasteiger partial charge in [0.15, 0.2) is 0 Å². The van der Waals surface area contributed by atoms with Crippen LogP contribution in [0.2, 0.25) is 0 Å². The first kappa shape index (κ1) is 19.5. The molecule has 3 N–H and O–H groups in total. The number of nitrogens with two attached hydrogens (primary N) is 1. The van der Waals surface area contributed by atoms with Gasteiger partial charge >= 0.3 is 0 Å². The zero-order chi connectivity index (χ0) is 20.3. The van der Waals surface area contributed by atoms with Gasteiger partial charge in [-0.15, -0.1) is 0 Å². The second-order valence-electron chi connectivity index (χ2n) is 6.88. The number of aromatic nitrogens is 1. The molecule has 0 radical (unpaired) electrons. The Kier molecular flexibility index (Phi) is 5.73. The maximum Gasteiger partial charge on any atom is 0.141 e. The lowest BCUT2D eigenvalue weighted by Gasteiger charge is -2.26. The first-order valence-electron chi connectivity index (χ1n) is 9.51. The fourth-order valence-electron chi connectivity index (χ4n) is 3.52. The molecule has 0 saturated heterocycles. The van der Waals surface area contributed by atoms with Crippen LogP contribution in [0.15, 0.2) is 53.2 Å². The molecule has 5 nitrogen and oxygen atoms in total. The average Bonchev–Trinajstić information content (AvgIpc) is 3.03. The summed E-state index contributed by atoms with van der Waals surface area (Å²) >= 11 is 0. The summed E-state index contributed by atoms with van der Waals surface area (Å²) in [6.45, 7) is 9.08. The normalized spacial score (nSPS) is 11.5. The summed E-state index contributed by atoms with van der Waals surface area (Å²) in [5.41, 5.74) is 14.4. The van der Waals surface area contributed by atoms with Gasteiger partial charge in [0.05, 0.1) is 11.4 Å². The maximum atomic E-state index is 6.07. The molecule has 3 aromatic rings. The summed E-state index contributed by atoms with van der Waals surface area (Å²) in [6.07, 6.45) is 1.80. The summed E-state index contributed by atoms with van der Waals surface area (Å²) < 4.78 is 5.36. The van der Waals surface area contributed by atoms with Gasteiger partial charge in [-0.05, 0) is 62.6 Å². The SMILES string of the molecule is CCN(c1ccc(/C(N)=C/NC)cc1)c1cc(-c2c(C)noc2C)ccc1C. The fraction of sp³-hybridized carbons (Fsp3) is 0.261. The Bertz CT molecular complexity index is 967. The van der Waals surface area contributed by atoms with Crippen LogP contribution in [0.25, 0.3) is 16.8 Å².